The lowest BCUT2D eigenvalue weighted by Crippen LogP contribution is -2.33. The van der Waals surface area contributed by atoms with Gasteiger partial charge in [0.15, 0.2) is 0 Å². The lowest BCUT2D eigenvalue weighted by molar-refractivity contribution is 0.436. The van der Waals surface area contributed by atoms with Crippen LogP contribution in [-0.2, 0) is 10.0 Å². The summed E-state index contributed by atoms with van der Waals surface area (Å²) >= 11 is 0. The van der Waals surface area contributed by atoms with Crippen molar-refractivity contribution in [3.8, 4) is 0 Å². The molecule has 0 amide bonds. The van der Waals surface area contributed by atoms with Gasteiger partial charge in [0.2, 0.25) is 10.0 Å². The Morgan fingerprint density at radius 3 is 2.41 bits per heavy atom. The van der Waals surface area contributed by atoms with Crippen LogP contribution >= 0.6 is 0 Å². The molecule has 0 bridgehead atoms. The monoisotopic (exact) mass is 252 g/mol. The van der Waals surface area contributed by atoms with Gasteiger partial charge in [0.25, 0.3) is 0 Å². The van der Waals surface area contributed by atoms with Crippen LogP contribution in [0.15, 0.2) is 41.8 Å². The van der Waals surface area contributed by atoms with Gasteiger partial charge in [-0.1, -0.05) is 6.08 Å². The van der Waals surface area contributed by atoms with Gasteiger partial charge in [-0.2, -0.15) is 4.31 Å². The Bertz CT molecular complexity index is 504. The van der Waals surface area contributed by atoms with E-state index in [9.17, 15) is 8.42 Å². The third kappa shape index (κ3) is 2.50. The van der Waals surface area contributed by atoms with Crippen LogP contribution in [0.5, 0.6) is 0 Å². The Morgan fingerprint density at radius 1 is 1.35 bits per heavy atom. The Labute approximate surface area is 102 Å². The Morgan fingerprint density at radius 2 is 1.94 bits per heavy atom. The van der Waals surface area contributed by atoms with Crippen LogP contribution in [0.4, 0.5) is 5.69 Å². The molecule has 0 aliphatic heterocycles. The maximum absolute atomic E-state index is 12.4. The lowest BCUT2D eigenvalue weighted by atomic mass is 10.3. The number of hydrogen-bond donors (Lipinski definition) is 1. The van der Waals surface area contributed by atoms with Crippen molar-refractivity contribution in [2.24, 2.45) is 0 Å². The van der Waals surface area contributed by atoms with Crippen LogP contribution < -0.4 is 5.73 Å². The molecule has 0 radical (unpaired) electrons. The molecule has 0 unspecified atom stereocenters. The number of benzene rings is 1. The van der Waals surface area contributed by atoms with E-state index in [0.29, 0.717) is 17.1 Å². The number of nitrogens with two attached hydrogens (primary N) is 1. The number of hydrogen-bond acceptors (Lipinski definition) is 3. The zero-order valence-corrected chi connectivity index (χ0v) is 10.4. The van der Waals surface area contributed by atoms with Crippen molar-refractivity contribution in [1.82, 2.24) is 4.31 Å². The van der Waals surface area contributed by atoms with E-state index in [2.05, 4.69) is 6.58 Å². The molecule has 2 rings (SSSR count). The van der Waals surface area contributed by atoms with Crippen molar-refractivity contribution in [1.29, 1.82) is 0 Å². The van der Waals surface area contributed by atoms with Gasteiger partial charge in [-0.3, -0.25) is 0 Å². The SMILES string of the molecule is C=CCN(C1CC1)S(=O)(=O)c1ccc(N)cc1. The highest BCUT2D eigenvalue weighted by Crippen LogP contribution is 2.31. The predicted octanol–water partition coefficient (Wildman–Crippen LogP) is 1.61. The molecule has 92 valence electrons. The lowest BCUT2D eigenvalue weighted by Gasteiger charge is -2.20. The van der Waals surface area contributed by atoms with Gasteiger partial charge in [0, 0.05) is 18.3 Å². The zero-order valence-electron chi connectivity index (χ0n) is 9.54. The van der Waals surface area contributed by atoms with E-state index in [4.69, 9.17) is 5.73 Å². The summed E-state index contributed by atoms with van der Waals surface area (Å²) in [5.74, 6) is 0. The largest absolute Gasteiger partial charge is 0.399 e. The number of rotatable bonds is 5. The number of sulfonamides is 1. The Kier molecular flexibility index (Phi) is 3.22. The van der Waals surface area contributed by atoms with Crippen molar-refractivity contribution in [2.45, 2.75) is 23.8 Å². The average Bonchev–Trinajstić information content (AvgIpc) is 3.10. The second-order valence-electron chi connectivity index (χ2n) is 4.16. The summed E-state index contributed by atoms with van der Waals surface area (Å²) in [7, 11) is -3.41. The summed E-state index contributed by atoms with van der Waals surface area (Å²) in [5.41, 5.74) is 6.11. The maximum Gasteiger partial charge on any atom is 0.243 e. The van der Waals surface area contributed by atoms with Crippen LogP contribution in [0.2, 0.25) is 0 Å². The average molecular weight is 252 g/mol. The Hall–Kier alpha value is -1.33. The summed E-state index contributed by atoms with van der Waals surface area (Å²) < 4.78 is 26.2. The minimum absolute atomic E-state index is 0.135. The predicted molar refractivity (Wildman–Crippen MR) is 68.0 cm³/mol. The fourth-order valence-electron chi connectivity index (χ4n) is 1.71. The smallest absolute Gasteiger partial charge is 0.243 e. The molecule has 0 heterocycles. The van der Waals surface area contributed by atoms with Crippen LogP contribution in [-0.4, -0.2) is 25.3 Å². The van der Waals surface area contributed by atoms with Crippen molar-refractivity contribution in [2.75, 3.05) is 12.3 Å². The molecular formula is C12H16N2O2S. The highest BCUT2D eigenvalue weighted by Gasteiger charge is 2.37. The fraction of sp³-hybridized carbons (Fsp3) is 0.333. The highest BCUT2D eigenvalue weighted by molar-refractivity contribution is 7.89. The molecule has 0 saturated heterocycles. The molecule has 0 atom stereocenters. The molecule has 1 aromatic carbocycles. The molecule has 1 aromatic rings. The van der Waals surface area contributed by atoms with E-state index >= 15 is 0 Å². The second kappa shape index (κ2) is 4.50. The minimum atomic E-state index is -3.41. The fourth-order valence-corrected chi connectivity index (χ4v) is 3.36. The Balaban J connectivity index is 2.33. The molecule has 17 heavy (non-hydrogen) atoms. The first kappa shape index (κ1) is 12.1. The summed E-state index contributed by atoms with van der Waals surface area (Å²) in [6.07, 6.45) is 3.48. The summed E-state index contributed by atoms with van der Waals surface area (Å²) in [4.78, 5) is 0.292. The standard InChI is InChI=1S/C12H16N2O2S/c1-2-9-14(11-5-6-11)17(15,16)12-7-3-10(13)4-8-12/h2-4,7-8,11H,1,5-6,9,13H2. The van der Waals surface area contributed by atoms with Crippen LogP contribution in [0.3, 0.4) is 0 Å². The first-order chi connectivity index (χ1) is 8.05. The number of nitrogen functional groups attached to an aromatic ring is 1. The molecule has 0 aromatic heterocycles. The topological polar surface area (TPSA) is 63.4 Å². The van der Waals surface area contributed by atoms with Gasteiger partial charge >= 0.3 is 0 Å². The van der Waals surface area contributed by atoms with Gasteiger partial charge in [-0.25, -0.2) is 8.42 Å². The van der Waals surface area contributed by atoms with E-state index in [-0.39, 0.29) is 6.04 Å². The van der Waals surface area contributed by atoms with E-state index in [1.807, 2.05) is 0 Å². The molecule has 4 nitrogen and oxygen atoms in total. The van der Waals surface area contributed by atoms with E-state index in [0.717, 1.165) is 12.8 Å². The van der Waals surface area contributed by atoms with E-state index < -0.39 is 10.0 Å². The van der Waals surface area contributed by atoms with Crippen molar-refractivity contribution in [3.63, 3.8) is 0 Å². The molecule has 0 spiro atoms. The molecule has 1 aliphatic rings. The van der Waals surface area contributed by atoms with Gasteiger partial charge in [-0.15, -0.1) is 6.58 Å². The van der Waals surface area contributed by atoms with Gasteiger partial charge < -0.3 is 5.73 Å². The molecule has 1 fully saturated rings. The molecule has 1 saturated carbocycles. The number of nitrogens with zero attached hydrogens (tertiary/aromatic N) is 1. The third-order valence-electron chi connectivity index (χ3n) is 2.75. The maximum atomic E-state index is 12.4. The zero-order chi connectivity index (χ0) is 12.5. The quantitative estimate of drug-likeness (QED) is 0.639. The highest BCUT2D eigenvalue weighted by atomic mass is 32.2. The first-order valence-electron chi connectivity index (χ1n) is 5.54. The van der Waals surface area contributed by atoms with Gasteiger partial charge in [0.1, 0.15) is 0 Å². The summed E-state index contributed by atoms with van der Waals surface area (Å²) in [5, 5.41) is 0. The summed E-state index contributed by atoms with van der Waals surface area (Å²) in [6.45, 7) is 3.96. The minimum Gasteiger partial charge on any atom is -0.399 e. The first-order valence-corrected chi connectivity index (χ1v) is 6.98. The summed E-state index contributed by atoms with van der Waals surface area (Å²) in [6, 6.07) is 6.43. The van der Waals surface area contributed by atoms with Crippen molar-refractivity contribution in [3.05, 3.63) is 36.9 Å². The third-order valence-corrected chi connectivity index (χ3v) is 4.68. The number of anilines is 1. The van der Waals surface area contributed by atoms with Gasteiger partial charge in [-0.05, 0) is 37.1 Å². The van der Waals surface area contributed by atoms with Gasteiger partial charge in [0.05, 0.1) is 4.90 Å². The van der Waals surface area contributed by atoms with Crippen molar-refractivity contribution < 1.29 is 8.42 Å². The molecule has 2 N–H and O–H groups in total. The van der Waals surface area contributed by atoms with Crippen LogP contribution in [0.25, 0.3) is 0 Å². The van der Waals surface area contributed by atoms with Crippen LogP contribution in [0.1, 0.15) is 12.8 Å². The van der Waals surface area contributed by atoms with E-state index in [1.54, 1.807) is 30.3 Å². The molecular weight excluding hydrogens is 236 g/mol. The molecule has 1 aliphatic carbocycles. The van der Waals surface area contributed by atoms with E-state index in [1.165, 1.54) is 4.31 Å². The van der Waals surface area contributed by atoms with Crippen LogP contribution in [0, 0.1) is 0 Å². The normalized spacial score (nSPS) is 16.1. The second-order valence-corrected chi connectivity index (χ2v) is 6.05. The molecule has 5 heteroatoms. The van der Waals surface area contributed by atoms with Crippen molar-refractivity contribution >= 4 is 15.7 Å².